The maximum absolute atomic E-state index is 6.30. The molecular formula is C14H22BrClN4. The highest BCUT2D eigenvalue weighted by Crippen LogP contribution is 2.27. The van der Waals surface area contributed by atoms with Crippen molar-refractivity contribution in [2.24, 2.45) is 11.7 Å². The molecule has 1 aromatic rings. The second kappa shape index (κ2) is 7.59. The molecule has 112 valence electrons. The van der Waals surface area contributed by atoms with Crippen LogP contribution in [-0.2, 0) is 0 Å². The number of hydrogen-bond acceptors (Lipinski definition) is 4. The van der Waals surface area contributed by atoms with Crippen LogP contribution in [0.25, 0.3) is 0 Å². The summed E-state index contributed by atoms with van der Waals surface area (Å²) in [5.74, 6) is 1.44. The quantitative estimate of drug-likeness (QED) is 0.895. The van der Waals surface area contributed by atoms with Gasteiger partial charge in [0.2, 0.25) is 0 Å². The number of pyridine rings is 1. The van der Waals surface area contributed by atoms with E-state index in [1.807, 2.05) is 6.07 Å². The van der Waals surface area contributed by atoms with Crippen LogP contribution >= 0.6 is 27.5 Å². The zero-order valence-corrected chi connectivity index (χ0v) is 14.2. The minimum Gasteiger partial charge on any atom is -0.354 e. The summed E-state index contributed by atoms with van der Waals surface area (Å²) in [7, 11) is 0. The average molecular weight is 362 g/mol. The van der Waals surface area contributed by atoms with Gasteiger partial charge in [0.1, 0.15) is 5.82 Å². The first-order valence-corrected chi connectivity index (χ1v) is 8.25. The zero-order chi connectivity index (χ0) is 14.5. The van der Waals surface area contributed by atoms with Crippen LogP contribution in [0, 0.1) is 5.92 Å². The van der Waals surface area contributed by atoms with Crippen LogP contribution in [0.3, 0.4) is 0 Å². The summed E-state index contributed by atoms with van der Waals surface area (Å²) in [6, 6.07) is 1.91. The van der Waals surface area contributed by atoms with Gasteiger partial charge in [-0.1, -0.05) is 18.5 Å². The SMILES string of the molecule is CC(CN)CN1CCCN(c2ncc(Br)cc2Cl)CC1. The minimum atomic E-state index is 0.552. The van der Waals surface area contributed by atoms with Gasteiger partial charge in [0.25, 0.3) is 0 Å². The predicted molar refractivity (Wildman–Crippen MR) is 88.4 cm³/mol. The number of rotatable bonds is 4. The summed E-state index contributed by atoms with van der Waals surface area (Å²) in [6.07, 6.45) is 2.94. The monoisotopic (exact) mass is 360 g/mol. The Labute approximate surface area is 134 Å². The lowest BCUT2D eigenvalue weighted by molar-refractivity contribution is 0.255. The van der Waals surface area contributed by atoms with Crippen molar-refractivity contribution in [1.82, 2.24) is 9.88 Å². The van der Waals surface area contributed by atoms with Crippen LogP contribution in [0.4, 0.5) is 5.82 Å². The molecule has 1 aromatic heterocycles. The number of nitrogens with zero attached hydrogens (tertiary/aromatic N) is 3. The molecule has 0 aromatic carbocycles. The fourth-order valence-corrected chi connectivity index (χ4v) is 3.27. The fourth-order valence-electron chi connectivity index (χ4n) is 2.52. The minimum absolute atomic E-state index is 0.552. The first kappa shape index (κ1) is 16.0. The number of hydrogen-bond donors (Lipinski definition) is 1. The molecule has 0 spiro atoms. The Kier molecular flexibility index (Phi) is 6.08. The number of anilines is 1. The summed E-state index contributed by atoms with van der Waals surface area (Å²) in [5.41, 5.74) is 5.71. The van der Waals surface area contributed by atoms with E-state index in [4.69, 9.17) is 17.3 Å². The Hall–Kier alpha value is -0.360. The lowest BCUT2D eigenvalue weighted by atomic mass is 10.1. The van der Waals surface area contributed by atoms with E-state index < -0.39 is 0 Å². The van der Waals surface area contributed by atoms with E-state index in [0.717, 1.165) is 56.0 Å². The third-order valence-corrected chi connectivity index (χ3v) is 4.36. The van der Waals surface area contributed by atoms with Crippen molar-refractivity contribution in [3.05, 3.63) is 21.8 Å². The van der Waals surface area contributed by atoms with Crippen LogP contribution in [0.15, 0.2) is 16.7 Å². The van der Waals surface area contributed by atoms with Crippen molar-refractivity contribution in [1.29, 1.82) is 0 Å². The summed E-state index contributed by atoms with van der Waals surface area (Å²) in [5, 5.41) is 0.711. The Morgan fingerprint density at radius 3 is 2.90 bits per heavy atom. The molecule has 1 atom stereocenters. The molecule has 2 N–H and O–H groups in total. The molecule has 0 amide bonds. The van der Waals surface area contributed by atoms with Crippen LogP contribution in [-0.4, -0.2) is 49.2 Å². The summed E-state index contributed by atoms with van der Waals surface area (Å²) >= 11 is 9.69. The molecule has 1 aliphatic rings. The molecule has 1 aliphatic heterocycles. The molecule has 1 unspecified atom stereocenters. The number of nitrogens with two attached hydrogens (primary N) is 1. The maximum Gasteiger partial charge on any atom is 0.147 e. The van der Waals surface area contributed by atoms with Crippen molar-refractivity contribution in [2.75, 3.05) is 44.2 Å². The Balaban J connectivity index is 1.98. The third kappa shape index (κ3) is 4.32. The molecule has 0 saturated carbocycles. The molecular weight excluding hydrogens is 340 g/mol. The van der Waals surface area contributed by atoms with Crippen LogP contribution < -0.4 is 10.6 Å². The molecule has 0 radical (unpaired) electrons. The van der Waals surface area contributed by atoms with E-state index in [1.165, 1.54) is 0 Å². The van der Waals surface area contributed by atoms with Gasteiger partial charge in [0.05, 0.1) is 5.02 Å². The van der Waals surface area contributed by atoms with Crippen molar-refractivity contribution >= 4 is 33.3 Å². The normalized spacial score (nSPS) is 18.9. The van der Waals surface area contributed by atoms with Gasteiger partial charge in [-0.3, -0.25) is 0 Å². The Morgan fingerprint density at radius 1 is 1.40 bits per heavy atom. The van der Waals surface area contributed by atoms with Gasteiger partial charge in [0, 0.05) is 36.8 Å². The average Bonchev–Trinajstić information content (AvgIpc) is 2.64. The third-order valence-electron chi connectivity index (χ3n) is 3.65. The molecule has 2 heterocycles. The molecule has 20 heavy (non-hydrogen) atoms. The summed E-state index contributed by atoms with van der Waals surface area (Å²) in [4.78, 5) is 9.22. The molecule has 2 rings (SSSR count). The van der Waals surface area contributed by atoms with Crippen LogP contribution in [0.2, 0.25) is 5.02 Å². The van der Waals surface area contributed by atoms with Gasteiger partial charge in [0.15, 0.2) is 0 Å². The van der Waals surface area contributed by atoms with Gasteiger partial charge >= 0.3 is 0 Å². The van der Waals surface area contributed by atoms with E-state index in [2.05, 4.69) is 37.6 Å². The van der Waals surface area contributed by atoms with Gasteiger partial charge in [-0.2, -0.15) is 0 Å². The molecule has 4 nitrogen and oxygen atoms in total. The summed E-state index contributed by atoms with van der Waals surface area (Å²) < 4.78 is 0.916. The van der Waals surface area contributed by atoms with Crippen molar-refractivity contribution in [2.45, 2.75) is 13.3 Å². The molecule has 0 bridgehead atoms. The van der Waals surface area contributed by atoms with E-state index >= 15 is 0 Å². The Morgan fingerprint density at radius 2 is 2.20 bits per heavy atom. The van der Waals surface area contributed by atoms with Gasteiger partial charge in [-0.25, -0.2) is 4.98 Å². The topological polar surface area (TPSA) is 45.4 Å². The summed E-state index contributed by atoms with van der Waals surface area (Å²) in [6.45, 7) is 8.16. The van der Waals surface area contributed by atoms with Gasteiger partial charge in [-0.15, -0.1) is 0 Å². The fraction of sp³-hybridized carbons (Fsp3) is 0.643. The number of halogens is 2. The second-order valence-corrected chi connectivity index (χ2v) is 6.76. The van der Waals surface area contributed by atoms with Crippen LogP contribution in [0.5, 0.6) is 0 Å². The predicted octanol–water partition coefficient (Wildman–Crippen LogP) is 2.60. The van der Waals surface area contributed by atoms with Gasteiger partial charge < -0.3 is 15.5 Å². The maximum atomic E-state index is 6.30. The van der Waals surface area contributed by atoms with Gasteiger partial charge in [-0.05, 0) is 47.4 Å². The molecule has 1 saturated heterocycles. The van der Waals surface area contributed by atoms with Crippen LogP contribution in [0.1, 0.15) is 13.3 Å². The standard InChI is InChI=1S/C14H22BrClN4/c1-11(8-17)10-19-3-2-4-20(6-5-19)14-13(16)7-12(15)9-18-14/h7,9,11H,2-6,8,10,17H2,1H3. The van der Waals surface area contributed by atoms with Crippen molar-refractivity contribution in [3.63, 3.8) is 0 Å². The first-order valence-electron chi connectivity index (χ1n) is 7.08. The highest BCUT2D eigenvalue weighted by Gasteiger charge is 2.19. The molecule has 1 fully saturated rings. The highest BCUT2D eigenvalue weighted by atomic mass is 79.9. The molecule has 6 heteroatoms. The van der Waals surface area contributed by atoms with E-state index in [0.29, 0.717) is 10.9 Å². The smallest absolute Gasteiger partial charge is 0.147 e. The van der Waals surface area contributed by atoms with E-state index in [-0.39, 0.29) is 0 Å². The second-order valence-electron chi connectivity index (χ2n) is 5.44. The molecule has 0 aliphatic carbocycles. The highest BCUT2D eigenvalue weighted by molar-refractivity contribution is 9.10. The lowest BCUT2D eigenvalue weighted by Crippen LogP contribution is -2.35. The first-order chi connectivity index (χ1) is 9.60. The van der Waals surface area contributed by atoms with Crippen molar-refractivity contribution in [3.8, 4) is 0 Å². The lowest BCUT2D eigenvalue weighted by Gasteiger charge is -2.24. The van der Waals surface area contributed by atoms with E-state index in [1.54, 1.807) is 6.20 Å². The Bertz CT molecular complexity index is 443. The number of aromatic nitrogens is 1. The van der Waals surface area contributed by atoms with Crippen molar-refractivity contribution < 1.29 is 0 Å². The van der Waals surface area contributed by atoms with E-state index in [9.17, 15) is 0 Å². The zero-order valence-electron chi connectivity index (χ0n) is 11.9. The largest absolute Gasteiger partial charge is 0.354 e.